The smallest absolute Gasteiger partial charge is 0.350 e. The third kappa shape index (κ3) is 6.13. The van der Waals surface area contributed by atoms with Gasteiger partial charge in [0.25, 0.3) is 5.91 Å². The SMILES string of the molecule is O=C(NCCNC(=O)N1CCCCC1C(=O)c1ccncc1)c1cn(-c2ccccc2)nc1C(F)(F)F. The summed E-state index contributed by atoms with van der Waals surface area (Å²) in [7, 11) is 0. The first-order valence-electron chi connectivity index (χ1n) is 11.7. The van der Waals surface area contributed by atoms with E-state index in [0.717, 1.165) is 23.7 Å². The standard InChI is InChI=1S/C25H25F3N6O3/c26-25(27,28)22-19(16-34(32-22)18-6-2-1-3-7-18)23(36)30-13-14-31-24(37)33-15-5-4-8-20(33)21(35)17-9-11-29-12-10-17/h1-3,6-7,9-12,16,20H,4-5,8,13-15H2,(H,30,36)(H,31,37). The van der Waals surface area contributed by atoms with Crippen LogP contribution in [-0.2, 0) is 6.18 Å². The molecule has 4 rings (SSSR count). The largest absolute Gasteiger partial charge is 0.435 e. The molecule has 0 aliphatic carbocycles. The van der Waals surface area contributed by atoms with Gasteiger partial charge in [0.2, 0.25) is 0 Å². The van der Waals surface area contributed by atoms with Gasteiger partial charge in [0.05, 0.1) is 17.3 Å². The lowest BCUT2D eigenvalue weighted by atomic mass is 9.95. The molecule has 194 valence electrons. The van der Waals surface area contributed by atoms with Gasteiger partial charge < -0.3 is 15.5 Å². The van der Waals surface area contributed by atoms with Gasteiger partial charge in [-0.1, -0.05) is 18.2 Å². The molecule has 0 saturated carbocycles. The molecule has 1 atom stereocenters. The molecule has 2 aromatic heterocycles. The number of piperidine rings is 1. The number of hydrogen-bond acceptors (Lipinski definition) is 5. The minimum Gasteiger partial charge on any atom is -0.350 e. The van der Waals surface area contributed by atoms with Crippen LogP contribution in [0.3, 0.4) is 0 Å². The van der Waals surface area contributed by atoms with E-state index in [2.05, 4.69) is 20.7 Å². The van der Waals surface area contributed by atoms with E-state index in [4.69, 9.17) is 0 Å². The first-order valence-corrected chi connectivity index (χ1v) is 11.7. The molecule has 1 unspecified atom stereocenters. The van der Waals surface area contributed by atoms with Crippen molar-refractivity contribution in [2.24, 2.45) is 0 Å². The molecule has 2 N–H and O–H groups in total. The molecular formula is C25H25F3N6O3. The number of aromatic nitrogens is 3. The lowest BCUT2D eigenvalue weighted by Crippen LogP contribution is -2.52. The number of amides is 3. The first kappa shape index (κ1) is 25.9. The summed E-state index contributed by atoms with van der Waals surface area (Å²) in [6, 6.07) is 10.2. The van der Waals surface area contributed by atoms with Crippen molar-refractivity contribution in [1.82, 2.24) is 30.3 Å². The van der Waals surface area contributed by atoms with Crippen LogP contribution in [-0.4, -0.2) is 63.1 Å². The van der Waals surface area contributed by atoms with Crippen molar-refractivity contribution < 1.29 is 27.6 Å². The number of alkyl halides is 3. The van der Waals surface area contributed by atoms with Crippen LogP contribution < -0.4 is 10.6 Å². The van der Waals surface area contributed by atoms with Crippen LogP contribution in [0.15, 0.2) is 61.1 Å². The van der Waals surface area contributed by atoms with Gasteiger partial charge in [-0.2, -0.15) is 18.3 Å². The Morgan fingerprint density at radius 3 is 2.38 bits per heavy atom. The van der Waals surface area contributed by atoms with Crippen molar-refractivity contribution in [2.45, 2.75) is 31.5 Å². The van der Waals surface area contributed by atoms with Gasteiger partial charge in [0, 0.05) is 43.8 Å². The molecule has 0 spiro atoms. The Kier molecular flexibility index (Phi) is 7.85. The Morgan fingerprint density at radius 1 is 0.973 bits per heavy atom. The number of carbonyl (C=O) groups is 3. The molecule has 1 aliphatic rings. The molecule has 3 aromatic rings. The number of urea groups is 1. The average molecular weight is 515 g/mol. The summed E-state index contributed by atoms with van der Waals surface area (Å²) < 4.78 is 41.5. The molecule has 1 fully saturated rings. The highest BCUT2D eigenvalue weighted by atomic mass is 19.4. The van der Waals surface area contributed by atoms with Gasteiger partial charge in [-0.15, -0.1) is 0 Å². The van der Waals surface area contributed by atoms with E-state index in [9.17, 15) is 27.6 Å². The van der Waals surface area contributed by atoms with E-state index in [0.29, 0.717) is 24.2 Å². The summed E-state index contributed by atoms with van der Waals surface area (Å²) in [5.41, 5.74) is -1.09. The third-order valence-electron chi connectivity index (χ3n) is 5.97. The number of ketones is 1. The maximum atomic E-state index is 13.5. The van der Waals surface area contributed by atoms with Crippen molar-refractivity contribution in [1.29, 1.82) is 0 Å². The predicted octanol–water partition coefficient (Wildman–Crippen LogP) is 3.46. The van der Waals surface area contributed by atoms with E-state index >= 15 is 0 Å². The molecule has 1 saturated heterocycles. The Balaban J connectivity index is 1.36. The highest BCUT2D eigenvalue weighted by Crippen LogP contribution is 2.31. The number of rotatable bonds is 7. The summed E-state index contributed by atoms with van der Waals surface area (Å²) in [5.74, 6) is -1.15. The number of carbonyl (C=O) groups excluding carboxylic acids is 3. The Morgan fingerprint density at radius 2 is 1.68 bits per heavy atom. The second-order valence-corrected chi connectivity index (χ2v) is 8.46. The second-order valence-electron chi connectivity index (χ2n) is 8.46. The number of likely N-dealkylation sites (tertiary alicyclic amines) is 1. The van der Waals surface area contributed by atoms with Crippen molar-refractivity contribution >= 4 is 17.7 Å². The fourth-order valence-electron chi connectivity index (χ4n) is 4.16. The number of pyridine rings is 1. The van der Waals surface area contributed by atoms with Crippen LogP contribution in [0, 0.1) is 0 Å². The maximum Gasteiger partial charge on any atom is 0.435 e. The molecular weight excluding hydrogens is 489 g/mol. The molecule has 12 heteroatoms. The zero-order valence-electron chi connectivity index (χ0n) is 19.7. The van der Waals surface area contributed by atoms with Crippen LogP contribution in [0.2, 0.25) is 0 Å². The minimum atomic E-state index is -4.83. The van der Waals surface area contributed by atoms with Crippen molar-refractivity contribution in [3.63, 3.8) is 0 Å². The lowest BCUT2D eigenvalue weighted by Gasteiger charge is -2.34. The van der Waals surface area contributed by atoms with Crippen LogP contribution >= 0.6 is 0 Å². The van der Waals surface area contributed by atoms with Gasteiger partial charge in [0.1, 0.15) is 0 Å². The number of halogens is 3. The molecule has 3 heterocycles. The third-order valence-corrected chi connectivity index (χ3v) is 5.97. The lowest BCUT2D eigenvalue weighted by molar-refractivity contribution is -0.141. The summed E-state index contributed by atoms with van der Waals surface area (Å²) in [6.07, 6.45) is 1.29. The average Bonchev–Trinajstić information content (AvgIpc) is 3.38. The van der Waals surface area contributed by atoms with Gasteiger partial charge in [-0.25, -0.2) is 9.48 Å². The monoisotopic (exact) mass is 514 g/mol. The minimum absolute atomic E-state index is 0.0363. The van der Waals surface area contributed by atoms with E-state index < -0.39 is 35.4 Å². The highest BCUT2D eigenvalue weighted by Gasteiger charge is 2.39. The summed E-state index contributed by atoms with van der Waals surface area (Å²) >= 11 is 0. The summed E-state index contributed by atoms with van der Waals surface area (Å²) in [6.45, 7) is 0.244. The molecule has 0 radical (unpaired) electrons. The number of para-hydroxylation sites is 1. The molecule has 1 aromatic carbocycles. The number of benzene rings is 1. The number of Topliss-reactive ketones (excluding diaryl/α,β-unsaturated/α-hetero) is 1. The van der Waals surface area contributed by atoms with Crippen LogP contribution in [0.1, 0.15) is 45.7 Å². The Bertz CT molecular complexity index is 1250. The molecule has 0 bridgehead atoms. The molecule has 37 heavy (non-hydrogen) atoms. The second kappa shape index (κ2) is 11.2. The zero-order chi connectivity index (χ0) is 26.4. The summed E-state index contributed by atoms with van der Waals surface area (Å²) in [4.78, 5) is 43.6. The molecule has 3 amide bonds. The zero-order valence-corrected chi connectivity index (χ0v) is 19.7. The van der Waals surface area contributed by atoms with E-state index in [1.54, 1.807) is 42.5 Å². The highest BCUT2D eigenvalue weighted by molar-refractivity contribution is 6.01. The van der Waals surface area contributed by atoms with Gasteiger partial charge >= 0.3 is 12.2 Å². The number of nitrogens with one attached hydrogen (secondary N) is 2. The van der Waals surface area contributed by atoms with Gasteiger partial charge in [-0.05, 0) is 43.5 Å². The molecule has 9 nitrogen and oxygen atoms in total. The fourth-order valence-corrected chi connectivity index (χ4v) is 4.16. The first-order chi connectivity index (χ1) is 17.8. The predicted molar refractivity (Wildman–Crippen MR) is 127 cm³/mol. The maximum absolute atomic E-state index is 13.5. The quantitative estimate of drug-likeness (QED) is 0.371. The van der Waals surface area contributed by atoms with Gasteiger partial charge in [0.15, 0.2) is 11.5 Å². The number of nitrogens with zero attached hydrogens (tertiary/aromatic N) is 4. The Hall–Kier alpha value is -4.22. The van der Waals surface area contributed by atoms with Gasteiger partial charge in [-0.3, -0.25) is 14.6 Å². The van der Waals surface area contributed by atoms with E-state index in [1.165, 1.54) is 17.3 Å². The van der Waals surface area contributed by atoms with Crippen LogP contribution in [0.25, 0.3) is 5.69 Å². The van der Waals surface area contributed by atoms with Crippen LogP contribution in [0.4, 0.5) is 18.0 Å². The van der Waals surface area contributed by atoms with Crippen LogP contribution in [0.5, 0.6) is 0 Å². The topological polar surface area (TPSA) is 109 Å². The van der Waals surface area contributed by atoms with Crippen molar-refractivity contribution in [2.75, 3.05) is 19.6 Å². The van der Waals surface area contributed by atoms with Crippen molar-refractivity contribution in [3.8, 4) is 5.69 Å². The molecule has 1 aliphatic heterocycles. The van der Waals surface area contributed by atoms with E-state index in [1.807, 2.05) is 0 Å². The normalized spacial score (nSPS) is 15.8. The van der Waals surface area contributed by atoms with E-state index in [-0.39, 0.29) is 18.9 Å². The van der Waals surface area contributed by atoms with Crippen molar-refractivity contribution in [3.05, 3.63) is 77.9 Å². The Labute approximate surface area is 210 Å². The number of hydrogen-bond donors (Lipinski definition) is 2. The fraction of sp³-hybridized carbons (Fsp3) is 0.320. The summed E-state index contributed by atoms with van der Waals surface area (Å²) in [5, 5.41) is 8.59.